The molecule has 1 atom stereocenters. The van der Waals surface area contributed by atoms with Crippen molar-refractivity contribution in [2.75, 3.05) is 33.4 Å². The monoisotopic (exact) mass is 449 g/mol. The largest absolute Gasteiger partial charge is 0.497 e. The summed E-state index contributed by atoms with van der Waals surface area (Å²) >= 11 is 0. The first-order valence-corrected chi connectivity index (χ1v) is 11.5. The number of amides is 1. The van der Waals surface area contributed by atoms with E-state index in [2.05, 4.69) is 31.6 Å². The van der Waals surface area contributed by atoms with Crippen LogP contribution in [-0.4, -0.2) is 68.7 Å². The van der Waals surface area contributed by atoms with Gasteiger partial charge in [-0.15, -0.1) is 0 Å². The predicted molar refractivity (Wildman–Crippen MR) is 125 cm³/mol. The van der Waals surface area contributed by atoms with E-state index in [0.29, 0.717) is 6.54 Å². The maximum absolute atomic E-state index is 12.7. The van der Waals surface area contributed by atoms with Crippen LogP contribution in [0.3, 0.4) is 0 Å². The Morgan fingerprint density at radius 3 is 2.61 bits per heavy atom. The normalized spacial score (nSPS) is 20.2. The van der Waals surface area contributed by atoms with Crippen molar-refractivity contribution in [3.05, 3.63) is 53.7 Å². The number of aromatic nitrogens is 3. The number of aliphatic hydroxyl groups is 1. The molecule has 4 heterocycles. The topological polar surface area (TPSA) is 83.7 Å². The van der Waals surface area contributed by atoms with Gasteiger partial charge in [0.2, 0.25) is 5.91 Å². The average molecular weight is 450 g/mol. The molecule has 1 N–H and O–H groups in total. The Balaban J connectivity index is 1.57. The molecule has 1 spiro atoms. The van der Waals surface area contributed by atoms with Crippen molar-refractivity contribution in [2.45, 2.75) is 37.8 Å². The highest BCUT2D eigenvalue weighted by Gasteiger charge is 2.48. The fraction of sp³-hybridized carbons (Fsp3) is 0.480. The number of aryl methyl sites for hydroxylation is 1. The maximum atomic E-state index is 12.7. The van der Waals surface area contributed by atoms with Gasteiger partial charge in [-0.05, 0) is 43.6 Å². The summed E-state index contributed by atoms with van der Waals surface area (Å²) in [5, 5.41) is 11.5. The molecule has 2 aliphatic heterocycles. The molecule has 2 aliphatic rings. The number of likely N-dealkylation sites (tertiary alicyclic amines) is 1. The first-order chi connectivity index (χ1) is 16.0. The molecule has 1 saturated heterocycles. The zero-order valence-electron chi connectivity index (χ0n) is 19.5. The van der Waals surface area contributed by atoms with Gasteiger partial charge in [-0.2, -0.15) is 0 Å². The van der Waals surface area contributed by atoms with Gasteiger partial charge in [0.05, 0.1) is 25.3 Å². The minimum atomic E-state index is -0.342. The van der Waals surface area contributed by atoms with Crippen molar-refractivity contribution in [3.63, 3.8) is 0 Å². The van der Waals surface area contributed by atoms with Crippen LogP contribution in [0.1, 0.15) is 42.6 Å². The van der Waals surface area contributed by atoms with Crippen LogP contribution >= 0.6 is 0 Å². The lowest BCUT2D eigenvalue weighted by Crippen LogP contribution is -2.55. The lowest BCUT2D eigenvalue weighted by molar-refractivity contribution is -0.135. The van der Waals surface area contributed by atoms with E-state index in [1.165, 1.54) is 10.9 Å². The number of fused-ring (bicyclic) bond motifs is 4. The number of carbonyl (C=O) groups is 1. The number of ether oxygens (including phenoxy) is 1. The van der Waals surface area contributed by atoms with Crippen LogP contribution in [0.15, 0.2) is 36.9 Å². The Labute approximate surface area is 193 Å². The summed E-state index contributed by atoms with van der Waals surface area (Å²) < 4.78 is 7.64. The Hall–Kier alpha value is -2.97. The number of aliphatic hydroxyl groups excluding tert-OH is 1. The smallest absolute Gasteiger partial charge is 0.220 e. The van der Waals surface area contributed by atoms with Gasteiger partial charge in [-0.3, -0.25) is 9.69 Å². The molecule has 3 aromatic rings. The number of hydrogen-bond acceptors (Lipinski definition) is 6. The molecule has 174 valence electrons. The van der Waals surface area contributed by atoms with E-state index in [1.807, 2.05) is 30.4 Å². The van der Waals surface area contributed by atoms with E-state index >= 15 is 0 Å². The highest BCUT2D eigenvalue weighted by molar-refractivity contribution is 5.89. The zero-order chi connectivity index (χ0) is 23.2. The molecule has 0 unspecified atom stereocenters. The van der Waals surface area contributed by atoms with Crippen molar-refractivity contribution in [3.8, 4) is 5.75 Å². The second kappa shape index (κ2) is 8.43. The summed E-state index contributed by atoms with van der Waals surface area (Å²) in [7, 11) is 3.71. The molecule has 5 rings (SSSR count). The molecular formula is C25H31N5O3. The van der Waals surface area contributed by atoms with Gasteiger partial charge in [0.25, 0.3) is 0 Å². The number of rotatable bonds is 4. The first kappa shape index (κ1) is 21.9. The fourth-order valence-electron chi connectivity index (χ4n) is 5.91. The van der Waals surface area contributed by atoms with Crippen molar-refractivity contribution in [1.29, 1.82) is 0 Å². The molecule has 8 heteroatoms. The van der Waals surface area contributed by atoms with Gasteiger partial charge >= 0.3 is 0 Å². The third kappa shape index (κ3) is 3.57. The molecule has 0 saturated carbocycles. The van der Waals surface area contributed by atoms with E-state index in [9.17, 15) is 9.90 Å². The van der Waals surface area contributed by atoms with Crippen LogP contribution in [0, 0.1) is 0 Å². The second-order valence-corrected chi connectivity index (χ2v) is 9.35. The molecule has 1 aromatic carbocycles. The average Bonchev–Trinajstić information content (AvgIpc) is 3.14. The van der Waals surface area contributed by atoms with Crippen LogP contribution < -0.4 is 4.74 Å². The molecule has 1 fully saturated rings. The van der Waals surface area contributed by atoms with Gasteiger partial charge in [0.1, 0.15) is 12.1 Å². The Bertz CT molecular complexity index is 1170. The maximum Gasteiger partial charge on any atom is 0.220 e. The molecule has 1 amide bonds. The third-order valence-electron chi connectivity index (χ3n) is 7.56. The summed E-state index contributed by atoms with van der Waals surface area (Å²) in [6, 6.07) is 5.86. The number of benzene rings is 1. The second-order valence-electron chi connectivity index (χ2n) is 9.35. The van der Waals surface area contributed by atoms with Crippen molar-refractivity contribution in [1.82, 2.24) is 24.3 Å². The minimum Gasteiger partial charge on any atom is -0.497 e. The summed E-state index contributed by atoms with van der Waals surface area (Å²) in [6.07, 6.45) is 7.19. The standard InChI is InChI=1S/C25H31N5O3/c1-17(32)30-15-25(6-8-29(9-7-25)13-18-11-26-16-27-12-18)23-20-5-4-19(33-3)10-21(20)28(2)24(23)22(30)14-31/h4-5,10-12,16,22,31H,6-9,13-15H2,1-3H3/t22-/m0/s1. The highest BCUT2D eigenvalue weighted by atomic mass is 16.5. The van der Waals surface area contributed by atoms with Crippen LogP contribution in [0.4, 0.5) is 0 Å². The zero-order valence-corrected chi connectivity index (χ0v) is 19.5. The Morgan fingerprint density at radius 2 is 1.97 bits per heavy atom. The van der Waals surface area contributed by atoms with E-state index in [-0.39, 0.29) is 24.0 Å². The Kier molecular flexibility index (Phi) is 5.58. The van der Waals surface area contributed by atoms with E-state index in [0.717, 1.165) is 55.0 Å². The quantitative estimate of drug-likeness (QED) is 0.659. The van der Waals surface area contributed by atoms with Gasteiger partial charge in [-0.25, -0.2) is 9.97 Å². The van der Waals surface area contributed by atoms with Crippen molar-refractivity contribution < 1.29 is 14.6 Å². The van der Waals surface area contributed by atoms with Gasteiger partial charge in [0.15, 0.2) is 0 Å². The first-order valence-electron chi connectivity index (χ1n) is 11.5. The molecule has 0 aliphatic carbocycles. The predicted octanol–water partition coefficient (Wildman–Crippen LogP) is 2.41. The summed E-state index contributed by atoms with van der Waals surface area (Å²) in [5.74, 6) is 0.809. The Morgan fingerprint density at radius 1 is 1.24 bits per heavy atom. The number of hydrogen-bond donors (Lipinski definition) is 1. The molecule has 33 heavy (non-hydrogen) atoms. The number of carbonyl (C=O) groups excluding carboxylic acids is 1. The number of methoxy groups -OCH3 is 1. The summed E-state index contributed by atoms with van der Waals surface area (Å²) in [5.41, 5.74) is 4.38. The van der Waals surface area contributed by atoms with Crippen LogP contribution in [0.2, 0.25) is 0 Å². The van der Waals surface area contributed by atoms with Crippen LogP contribution in [0.5, 0.6) is 5.75 Å². The molecule has 0 bridgehead atoms. The molecule has 2 aromatic heterocycles. The highest BCUT2D eigenvalue weighted by Crippen LogP contribution is 2.50. The molecule has 8 nitrogen and oxygen atoms in total. The lowest BCUT2D eigenvalue weighted by atomic mass is 9.68. The van der Waals surface area contributed by atoms with Gasteiger partial charge in [-0.1, -0.05) is 0 Å². The fourth-order valence-corrected chi connectivity index (χ4v) is 5.91. The van der Waals surface area contributed by atoms with E-state index in [4.69, 9.17) is 4.74 Å². The van der Waals surface area contributed by atoms with Crippen molar-refractivity contribution >= 4 is 16.8 Å². The van der Waals surface area contributed by atoms with Gasteiger partial charge in [0, 0.05) is 67.6 Å². The van der Waals surface area contributed by atoms with E-state index in [1.54, 1.807) is 20.4 Å². The minimum absolute atomic E-state index is 0.00535. The molecule has 0 radical (unpaired) electrons. The number of nitrogens with zero attached hydrogens (tertiary/aromatic N) is 5. The SMILES string of the molecule is COc1ccc2c3c(n(C)c2c1)[C@H](CO)N(C(C)=O)CC31CCN(Cc2cncnc2)CC1. The summed E-state index contributed by atoms with van der Waals surface area (Å²) in [4.78, 5) is 25.3. The van der Waals surface area contributed by atoms with Crippen molar-refractivity contribution in [2.24, 2.45) is 7.05 Å². The third-order valence-corrected chi connectivity index (χ3v) is 7.56. The number of piperidine rings is 1. The molecular weight excluding hydrogens is 418 g/mol. The van der Waals surface area contributed by atoms with Gasteiger partial charge < -0.3 is 19.3 Å². The van der Waals surface area contributed by atoms with Crippen LogP contribution in [0.25, 0.3) is 10.9 Å². The van der Waals surface area contributed by atoms with Crippen LogP contribution in [-0.2, 0) is 23.8 Å². The van der Waals surface area contributed by atoms with E-state index < -0.39 is 0 Å². The lowest BCUT2D eigenvalue weighted by Gasteiger charge is -2.50. The summed E-state index contributed by atoms with van der Waals surface area (Å²) in [6.45, 7) is 4.83.